The Morgan fingerprint density at radius 3 is 1.70 bits per heavy atom. The molecule has 3 aromatic carbocycles. The molecule has 1 amide bonds. The summed E-state index contributed by atoms with van der Waals surface area (Å²) in [6, 6.07) is 18.1. The molecule has 0 radical (unpaired) electrons. The minimum atomic E-state index is -0.310. The molecule has 27 heavy (non-hydrogen) atoms. The number of amides is 1. The van der Waals surface area contributed by atoms with Crippen LogP contribution >= 0.6 is 0 Å². The van der Waals surface area contributed by atoms with Crippen LogP contribution in [0.1, 0.15) is 5.56 Å². The molecule has 0 bridgehead atoms. The Bertz CT molecular complexity index is 858. The van der Waals surface area contributed by atoms with E-state index in [1.807, 2.05) is 18.2 Å². The number of nitrogens with two attached hydrogens (primary N) is 1. The fourth-order valence-electron chi connectivity index (χ4n) is 2.87. The van der Waals surface area contributed by atoms with Crippen LogP contribution in [0.3, 0.4) is 0 Å². The first-order chi connectivity index (χ1) is 13.0. The largest absolute Gasteiger partial charge is 0.355 e. The number of hydrogen-bond donors (Lipinski definition) is 2. The predicted octanol–water partition coefficient (Wildman–Crippen LogP) is 3.92. The highest BCUT2D eigenvalue weighted by Gasteiger charge is 2.09. The van der Waals surface area contributed by atoms with Gasteiger partial charge in [-0.3, -0.25) is 4.79 Å². The average molecular weight is 366 g/mol. The second-order valence-electron chi connectivity index (χ2n) is 6.25. The third-order valence-corrected chi connectivity index (χ3v) is 4.18. The average Bonchev–Trinajstić information content (AvgIpc) is 2.67. The summed E-state index contributed by atoms with van der Waals surface area (Å²) in [5.74, 6) is -0.744. The van der Waals surface area contributed by atoms with Gasteiger partial charge in [0.25, 0.3) is 0 Å². The molecule has 3 rings (SSSR count). The Balaban J connectivity index is 2.00. The van der Waals surface area contributed by atoms with Crippen LogP contribution < -0.4 is 11.1 Å². The van der Waals surface area contributed by atoms with Crippen LogP contribution in [0.5, 0.6) is 0 Å². The van der Waals surface area contributed by atoms with Gasteiger partial charge in [0.05, 0.1) is 6.42 Å². The van der Waals surface area contributed by atoms with Crippen molar-refractivity contribution in [3.05, 3.63) is 83.9 Å². The van der Waals surface area contributed by atoms with Crippen molar-refractivity contribution in [3.63, 3.8) is 0 Å². The molecule has 0 unspecified atom stereocenters. The van der Waals surface area contributed by atoms with Crippen LogP contribution in [0.15, 0.2) is 66.7 Å². The van der Waals surface area contributed by atoms with E-state index in [0.29, 0.717) is 13.1 Å². The third kappa shape index (κ3) is 4.99. The summed E-state index contributed by atoms with van der Waals surface area (Å²) in [5, 5.41) is 2.75. The Kier molecular flexibility index (Phi) is 5.94. The number of carbonyl (C=O) groups is 1. The maximum absolute atomic E-state index is 13.3. The van der Waals surface area contributed by atoms with Gasteiger partial charge in [0.1, 0.15) is 11.6 Å². The minimum absolute atomic E-state index is 0.123. The van der Waals surface area contributed by atoms with Crippen LogP contribution in [0, 0.1) is 11.6 Å². The normalized spacial score (nSPS) is 10.6. The first-order valence-electron chi connectivity index (χ1n) is 8.68. The quantitative estimate of drug-likeness (QED) is 0.695. The predicted molar refractivity (Wildman–Crippen MR) is 103 cm³/mol. The molecule has 0 aliphatic rings. The second kappa shape index (κ2) is 8.56. The summed E-state index contributed by atoms with van der Waals surface area (Å²) in [5.41, 5.74) is 9.62. The molecule has 3 aromatic rings. The molecule has 0 saturated carbocycles. The van der Waals surface area contributed by atoms with Crippen LogP contribution in [0.4, 0.5) is 8.78 Å². The van der Waals surface area contributed by atoms with Gasteiger partial charge >= 0.3 is 0 Å². The third-order valence-electron chi connectivity index (χ3n) is 4.18. The lowest BCUT2D eigenvalue weighted by Gasteiger charge is -2.11. The molecule has 5 heteroatoms. The topological polar surface area (TPSA) is 55.1 Å². The van der Waals surface area contributed by atoms with Crippen LogP contribution in [-0.4, -0.2) is 19.0 Å². The van der Waals surface area contributed by atoms with E-state index in [4.69, 9.17) is 5.73 Å². The van der Waals surface area contributed by atoms with Gasteiger partial charge in [-0.05, 0) is 58.1 Å². The molecule has 0 aliphatic heterocycles. The number of halogens is 2. The summed E-state index contributed by atoms with van der Waals surface area (Å²) in [6.07, 6.45) is 0.198. The Labute approximate surface area is 156 Å². The molecule has 0 saturated heterocycles. The summed E-state index contributed by atoms with van der Waals surface area (Å²) < 4.78 is 26.5. The Morgan fingerprint density at radius 2 is 1.26 bits per heavy atom. The van der Waals surface area contributed by atoms with E-state index in [9.17, 15) is 13.6 Å². The van der Waals surface area contributed by atoms with Gasteiger partial charge in [0.15, 0.2) is 0 Å². The summed E-state index contributed by atoms with van der Waals surface area (Å²) in [4.78, 5) is 12.1. The standard InChI is InChI=1S/C22H20F2N2O/c23-20-5-1-16(2-6-20)18-11-15(13-22(27)26-10-9-25)12-19(14-18)17-3-7-21(24)8-4-17/h1-8,11-12,14H,9-10,13,25H2,(H,26,27). The molecular weight excluding hydrogens is 346 g/mol. The van der Waals surface area contributed by atoms with E-state index in [2.05, 4.69) is 5.32 Å². The van der Waals surface area contributed by atoms with Gasteiger partial charge < -0.3 is 11.1 Å². The summed E-state index contributed by atoms with van der Waals surface area (Å²) in [6.45, 7) is 0.795. The lowest BCUT2D eigenvalue weighted by molar-refractivity contribution is -0.120. The molecular formula is C22H20F2N2O. The van der Waals surface area contributed by atoms with Gasteiger partial charge in [0, 0.05) is 13.1 Å². The van der Waals surface area contributed by atoms with E-state index >= 15 is 0 Å². The van der Waals surface area contributed by atoms with E-state index in [-0.39, 0.29) is 24.0 Å². The molecule has 0 aliphatic carbocycles. The van der Waals surface area contributed by atoms with Gasteiger partial charge in [-0.15, -0.1) is 0 Å². The van der Waals surface area contributed by atoms with Crippen molar-refractivity contribution in [2.45, 2.75) is 6.42 Å². The number of benzene rings is 3. The fraction of sp³-hybridized carbons (Fsp3) is 0.136. The summed E-state index contributed by atoms with van der Waals surface area (Å²) in [7, 11) is 0. The van der Waals surface area contributed by atoms with Crippen molar-refractivity contribution in [3.8, 4) is 22.3 Å². The van der Waals surface area contributed by atoms with Crippen LogP contribution in [0.2, 0.25) is 0 Å². The first-order valence-corrected chi connectivity index (χ1v) is 8.68. The van der Waals surface area contributed by atoms with Crippen molar-refractivity contribution in [2.75, 3.05) is 13.1 Å². The van der Waals surface area contributed by atoms with E-state index < -0.39 is 0 Å². The zero-order valence-corrected chi connectivity index (χ0v) is 14.7. The zero-order valence-electron chi connectivity index (χ0n) is 14.7. The number of carbonyl (C=O) groups excluding carboxylic acids is 1. The van der Waals surface area contributed by atoms with Crippen molar-refractivity contribution in [2.24, 2.45) is 5.73 Å². The Morgan fingerprint density at radius 1 is 0.778 bits per heavy atom. The lowest BCUT2D eigenvalue weighted by Crippen LogP contribution is -2.30. The van der Waals surface area contributed by atoms with E-state index in [0.717, 1.165) is 27.8 Å². The Hall–Kier alpha value is -3.05. The second-order valence-corrected chi connectivity index (χ2v) is 6.25. The highest BCUT2D eigenvalue weighted by Crippen LogP contribution is 2.29. The maximum atomic E-state index is 13.3. The fourth-order valence-corrected chi connectivity index (χ4v) is 2.87. The van der Waals surface area contributed by atoms with Crippen LogP contribution in [0.25, 0.3) is 22.3 Å². The molecule has 0 spiro atoms. The minimum Gasteiger partial charge on any atom is -0.355 e. The number of nitrogens with one attached hydrogen (secondary N) is 1. The van der Waals surface area contributed by atoms with Gasteiger partial charge in [-0.1, -0.05) is 36.4 Å². The first kappa shape index (κ1) is 18.7. The van der Waals surface area contributed by atoms with Gasteiger partial charge in [-0.2, -0.15) is 0 Å². The van der Waals surface area contributed by atoms with Crippen molar-refractivity contribution >= 4 is 5.91 Å². The monoisotopic (exact) mass is 366 g/mol. The number of hydrogen-bond acceptors (Lipinski definition) is 2. The lowest BCUT2D eigenvalue weighted by atomic mass is 9.95. The van der Waals surface area contributed by atoms with Gasteiger partial charge in [-0.25, -0.2) is 8.78 Å². The van der Waals surface area contributed by atoms with Gasteiger partial charge in [0.2, 0.25) is 5.91 Å². The molecule has 3 nitrogen and oxygen atoms in total. The summed E-state index contributed by atoms with van der Waals surface area (Å²) >= 11 is 0. The maximum Gasteiger partial charge on any atom is 0.224 e. The highest BCUT2D eigenvalue weighted by molar-refractivity contribution is 5.81. The van der Waals surface area contributed by atoms with E-state index in [1.165, 1.54) is 24.3 Å². The number of rotatable bonds is 6. The molecule has 3 N–H and O–H groups in total. The smallest absolute Gasteiger partial charge is 0.224 e. The molecule has 0 atom stereocenters. The van der Waals surface area contributed by atoms with Crippen molar-refractivity contribution in [1.29, 1.82) is 0 Å². The highest BCUT2D eigenvalue weighted by atomic mass is 19.1. The van der Waals surface area contributed by atoms with Crippen LogP contribution in [-0.2, 0) is 11.2 Å². The molecule has 138 valence electrons. The van der Waals surface area contributed by atoms with E-state index in [1.54, 1.807) is 24.3 Å². The SMILES string of the molecule is NCCNC(=O)Cc1cc(-c2ccc(F)cc2)cc(-c2ccc(F)cc2)c1. The molecule has 0 fully saturated rings. The zero-order chi connectivity index (χ0) is 19.2. The molecule has 0 heterocycles. The molecule has 0 aromatic heterocycles. The van der Waals surface area contributed by atoms with Crippen molar-refractivity contribution in [1.82, 2.24) is 5.32 Å². The van der Waals surface area contributed by atoms with Crippen molar-refractivity contribution < 1.29 is 13.6 Å².